The van der Waals surface area contributed by atoms with Gasteiger partial charge in [-0.15, -0.1) is 0 Å². The molecular weight excluding hydrogens is 216 g/mol. The van der Waals surface area contributed by atoms with Crippen molar-refractivity contribution in [2.45, 2.75) is 39.7 Å². The summed E-state index contributed by atoms with van der Waals surface area (Å²) in [6, 6.07) is 0.517. The number of carboxylic acids is 1. The van der Waals surface area contributed by atoms with Crippen molar-refractivity contribution in [3.05, 3.63) is 0 Å². The standard InChI is InChI=1S/C13H26N2O2/c1-5-6-13(3,12(16)17)10-15-8-7-14(4)11(2)9-15/h11H,5-10H2,1-4H3,(H,16,17). The van der Waals surface area contributed by atoms with Gasteiger partial charge in [0.1, 0.15) is 0 Å². The highest BCUT2D eigenvalue weighted by atomic mass is 16.4. The van der Waals surface area contributed by atoms with Crippen LogP contribution in [0, 0.1) is 5.41 Å². The van der Waals surface area contributed by atoms with Crippen molar-refractivity contribution in [1.29, 1.82) is 0 Å². The predicted molar refractivity (Wildman–Crippen MR) is 69.2 cm³/mol. The van der Waals surface area contributed by atoms with Gasteiger partial charge in [0.25, 0.3) is 0 Å². The van der Waals surface area contributed by atoms with E-state index in [9.17, 15) is 9.90 Å². The van der Waals surface area contributed by atoms with Gasteiger partial charge in [0.05, 0.1) is 5.41 Å². The monoisotopic (exact) mass is 242 g/mol. The van der Waals surface area contributed by atoms with Crippen LogP contribution in [0.15, 0.2) is 0 Å². The molecule has 0 spiro atoms. The van der Waals surface area contributed by atoms with E-state index in [-0.39, 0.29) is 0 Å². The van der Waals surface area contributed by atoms with E-state index in [0.717, 1.165) is 32.5 Å². The second kappa shape index (κ2) is 5.83. The molecule has 1 aliphatic rings. The van der Waals surface area contributed by atoms with Gasteiger partial charge < -0.3 is 10.0 Å². The fourth-order valence-corrected chi connectivity index (χ4v) is 2.57. The van der Waals surface area contributed by atoms with Crippen molar-refractivity contribution in [3.8, 4) is 0 Å². The van der Waals surface area contributed by atoms with Gasteiger partial charge in [0.15, 0.2) is 0 Å². The first-order chi connectivity index (χ1) is 7.89. The van der Waals surface area contributed by atoms with Crippen LogP contribution in [0.2, 0.25) is 0 Å². The van der Waals surface area contributed by atoms with E-state index in [2.05, 4.69) is 23.8 Å². The Hall–Kier alpha value is -0.610. The summed E-state index contributed by atoms with van der Waals surface area (Å²) in [5.41, 5.74) is -0.593. The summed E-state index contributed by atoms with van der Waals surface area (Å²) in [4.78, 5) is 16.0. The average Bonchev–Trinajstić information content (AvgIpc) is 2.23. The van der Waals surface area contributed by atoms with Crippen LogP contribution >= 0.6 is 0 Å². The molecule has 2 atom stereocenters. The van der Waals surface area contributed by atoms with Crippen molar-refractivity contribution in [1.82, 2.24) is 9.80 Å². The van der Waals surface area contributed by atoms with Crippen LogP contribution in [0.5, 0.6) is 0 Å². The lowest BCUT2D eigenvalue weighted by Gasteiger charge is -2.41. The number of hydrogen-bond donors (Lipinski definition) is 1. The number of rotatable bonds is 5. The SMILES string of the molecule is CCCC(C)(CN1CCN(C)C(C)C1)C(=O)O. The summed E-state index contributed by atoms with van der Waals surface area (Å²) in [6.07, 6.45) is 1.68. The van der Waals surface area contributed by atoms with Crippen molar-refractivity contribution in [3.63, 3.8) is 0 Å². The molecule has 0 aromatic heterocycles. The quantitative estimate of drug-likeness (QED) is 0.794. The normalized spacial score (nSPS) is 26.7. The zero-order valence-corrected chi connectivity index (χ0v) is 11.6. The van der Waals surface area contributed by atoms with E-state index in [1.54, 1.807) is 0 Å². The summed E-state index contributed by atoms with van der Waals surface area (Å²) < 4.78 is 0. The first-order valence-electron chi connectivity index (χ1n) is 6.55. The maximum atomic E-state index is 11.4. The van der Waals surface area contributed by atoms with Crippen LogP contribution in [0.25, 0.3) is 0 Å². The van der Waals surface area contributed by atoms with E-state index in [4.69, 9.17) is 0 Å². The first kappa shape index (κ1) is 14.5. The van der Waals surface area contributed by atoms with Crippen LogP contribution in [-0.4, -0.2) is 60.1 Å². The molecule has 2 unspecified atom stereocenters. The molecule has 0 aromatic rings. The van der Waals surface area contributed by atoms with Crippen molar-refractivity contribution in [2.24, 2.45) is 5.41 Å². The summed E-state index contributed by atoms with van der Waals surface area (Å²) >= 11 is 0. The van der Waals surface area contributed by atoms with E-state index >= 15 is 0 Å². The van der Waals surface area contributed by atoms with Crippen LogP contribution < -0.4 is 0 Å². The van der Waals surface area contributed by atoms with Crippen molar-refractivity contribution >= 4 is 5.97 Å². The molecule has 0 radical (unpaired) electrons. The van der Waals surface area contributed by atoms with E-state index in [1.165, 1.54) is 0 Å². The summed E-state index contributed by atoms with van der Waals surface area (Å²) in [6.45, 7) is 9.79. The molecule has 1 aliphatic heterocycles. The third kappa shape index (κ3) is 3.68. The van der Waals surface area contributed by atoms with Gasteiger partial charge in [-0.2, -0.15) is 0 Å². The van der Waals surface area contributed by atoms with Crippen LogP contribution in [-0.2, 0) is 4.79 Å². The number of carbonyl (C=O) groups is 1. The lowest BCUT2D eigenvalue weighted by atomic mass is 9.85. The third-order valence-electron chi connectivity index (χ3n) is 3.93. The number of likely N-dealkylation sites (N-methyl/N-ethyl adjacent to an activating group) is 1. The summed E-state index contributed by atoms with van der Waals surface area (Å²) in [5.74, 6) is -0.661. The molecule has 0 aromatic carbocycles. The second-order valence-corrected chi connectivity index (χ2v) is 5.68. The smallest absolute Gasteiger partial charge is 0.310 e. The van der Waals surface area contributed by atoms with Gasteiger partial charge in [0.2, 0.25) is 0 Å². The van der Waals surface area contributed by atoms with Gasteiger partial charge in [-0.1, -0.05) is 13.3 Å². The lowest BCUT2D eigenvalue weighted by molar-refractivity contribution is -0.150. The number of aliphatic carboxylic acids is 1. The Balaban J connectivity index is 2.59. The van der Waals surface area contributed by atoms with Crippen molar-refractivity contribution < 1.29 is 9.90 Å². The number of nitrogens with zero attached hydrogens (tertiary/aromatic N) is 2. The topological polar surface area (TPSA) is 43.8 Å². The third-order valence-corrected chi connectivity index (χ3v) is 3.93. The van der Waals surface area contributed by atoms with Gasteiger partial charge in [-0.25, -0.2) is 0 Å². The molecule has 1 saturated heterocycles. The number of piperazine rings is 1. The first-order valence-corrected chi connectivity index (χ1v) is 6.55. The van der Waals surface area contributed by atoms with Crippen LogP contribution in [0.4, 0.5) is 0 Å². The molecule has 0 amide bonds. The Labute approximate surface area is 105 Å². The van der Waals surface area contributed by atoms with Crippen molar-refractivity contribution in [2.75, 3.05) is 33.2 Å². The molecule has 1 N–H and O–H groups in total. The molecule has 1 heterocycles. The fourth-order valence-electron chi connectivity index (χ4n) is 2.57. The molecule has 0 aliphatic carbocycles. The Bertz CT molecular complexity index is 270. The van der Waals surface area contributed by atoms with Crippen LogP contribution in [0.3, 0.4) is 0 Å². The highest BCUT2D eigenvalue weighted by Crippen LogP contribution is 2.26. The molecule has 1 fully saturated rings. The Morgan fingerprint density at radius 1 is 1.47 bits per heavy atom. The minimum Gasteiger partial charge on any atom is -0.481 e. The summed E-state index contributed by atoms with van der Waals surface area (Å²) in [7, 11) is 2.13. The molecule has 17 heavy (non-hydrogen) atoms. The average molecular weight is 242 g/mol. The van der Waals surface area contributed by atoms with E-state index < -0.39 is 11.4 Å². The Kier molecular flexibility index (Phi) is 4.95. The Morgan fingerprint density at radius 2 is 2.12 bits per heavy atom. The lowest BCUT2D eigenvalue weighted by Crippen LogP contribution is -2.53. The summed E-state index contributed by atoms with van der Waals surface area (Å²) in [5, 5.41) is 9.38. The number of hydrogen-bond acceptors (Lipinski definition) is 3. The zero-order valence-electron chi connectivity index (χ0n) is 11.6. The molecule has 0 saturated carbocycles. The molecule has 4 nitrogen and oxygen atoms in total. The van der Waals surface area contributed by atoms with Gasteiger partial charge in [-0.3, -0.25) is 9.69 Å². The number of carboxylic acid groups (broad SMARTS) is 1. The highest BCUT2D eigenvalue weighted by Gasteiger charge is 2.35. The molecule has 1 rings (SSSR count). The molecule has 4 heteroatoms. The largest absolute Gasteiger partial charge is 0.481 e. The van der Waals surface area contributed by atoms with Gasteiger partial charge >= 0.3 is 5.97 Å². The Morgan fingerprint density at radius 3 is 2.59 bits per heavy atom. The minimum atomic E-state index is -0.661. The highest BCUT2D eigenvalue weighted by molar-refractivity contribution is 5.74. The minimum absolute atomic E-state index is 0.517. The fraction of sp³-hybridized carbons (Fsp3) is 0.923. The van der Waals surface area contributed by atoms with E-state index in [0.29, 0.717) is 12.6 Å². The second-order valence-electron chi connectivity index (χ2n) is 5.68. The maximum absolute atomic E-state index is 11.4. The van der Waals surface area contributed by atoms with Gasteiger partial charge in [-0.05, 0) is 27.3 Å². The molecule has 100 valence electrons. The van der Waals surface area contributed by atoms with E-state index in [1.807, 2.05) is 13.8 Å². The zero-order chi connectivity index (χ0) is 13.1. The molecule has 0 bridgehead atoms. The maximum Gasteiger partial charge on any atom is 0.310 e. The van der Waals surface area contributed by atoms with Gasteiger partial charge in [0, 0.05) is 32.2 Å². The van der Waals surface area contributed by atoms with Crippen LogP contribution in [0.1, 0.15) is 33.6 Å². The predicted octanol–water partition coefficient (Wildman–Crippen LogP) is 1.51. The molecular formula is C13H26N2O2.